The molecule has 2 amide bonds. The van der Waals surface area contributed by atoms with Crippen LogP contribution in [0, 0.1) is 0 Å². The minimum Gasteiger partial charge on any atom is -0.458 e. The molecule has 1 aromatic rings. The standard InChI is InChI=1S/C16H16Cl2N2O3/c1-3-4-7-23-15(21)13-9(2)19-16(22)20-14(13)10-5-6-11(17)12(18)8-10/h3-6,8,14H,7H2,1-2H3,(H2,19,20,22)/b4-3-/t14-/m0/s1. The van der Waals surface area contributed by atoms with Crippen molar-refractivity contribution in [3.8, 4) is 0 Å². The molecule has 1 aliphatic heterocycles. The minimum atomic E-state index is -0.656. The second kappa shape index (κ2) is 7.53. The van der Waals surface area contributed by atoms with Gasteiger partial charge in [-0.25, -0.2) is 9.59 Å². The van der Waals surface area contributed by atoms with Crippen LogP contribution in [-0.2, 0) is 9.53 Å². The van der Waals surface area contributed by atoms with Gasteiger partial charge in [-0.2, -0.15) is 0 Å². The van der Waals surface area contributed by atoms with Crippen molar-refractivity contribution in [1.29, 1.82) is 0 Å². The maximum atomic E-state index is 12.4. The lowest BCUT2D eigenvalue weighted by molar-refractivity contribution is -0.138. The van der Waals surface area contributed by atoms with Crippen LogP contribution in [0.2, 0.25) is 10.0 Å². The van der Waals surface area contributed by atoms with Gasteiger partial charge in [0.05, 0.1) is 21.7 Å². The average Bonchev–Trinajstić information content (AvgIpc) is 2.49. The monoisotopic (exact) mass is 354 g/mol. The highest BCUT2D eigenvalue weighted by atomic mass is 35.5. The number of urea groups is 1. The second-order valence-corrected chi connectivity index (χ2v) is 5.73. The Morgan fingerprint density at radius 3 is 2.74 bits per heavy atom. The number of halogens is 2. The third kappa shape index (κ3) is 4.06. The van der Waals surface area contributed by atoms with Crippen molar-refractivity contribution in [2.75, 3.05) is 6.61 Å². The predicted molar refractivity (Wildman–Crippen MR) is 89.3 cm³/mol. The van der Waals surface area contributed by atoms with Crippen LogP contribution in [0.25, 0.3) is 0 Å². The molecule has 0 aliphatic carbocycles. The first kappa shape index (κ1) is 17.4. The number of hydrogen-bond acceptors (Lipinski definition) is 3. The van der Waals surface area contributed by atoms with Gasteiger partial charge >= 0.3 is 12.0 Å². The Bertz CT molecular complexity index is 699. The molecular weight excluding hydrogens is 339 g/mol. The molecule has 0 aromatic heterocycles. The molecule has 0 bridgehead atoms. The fraction of sp³-hybridized carbons (Fsp3) is 0.250. The Labute approximate surface area is 144 Å². The molecule has 23 heavy (non-hydrogen) atoms. The summed E-state index contributed by atoms with van der Waals surface area (Å²) in [5, 5.41) is 6.02. The SMILES string of the molecule is C/C=C\COC(=O)C1=C(C)NC(=O)N[C@H]1c1ccc(Cl)c(Cl)c1. The van der Waals surface area contributed by atoms with Crippen LogP contribution in [0.5, 0.6) is 0 Å². The van der Waals surface area contributed by atoms with Gasteiger partial charge in [-0.1, -0.05) is 41.4 Å². The Morgan fingerprint density at radius 2 is 2.09 bits per heavy atom. The lowest BCUT2D eigenvalue weighted by Gasteiger charge is -2.28. The van der Waals surface area contributed by atoms with Crippen molar-refractivity contribution in [2.45, 2.75) is 19.9 Å². The fourth-order valence-electron chi connectivity index (χ4n) is 2.20. The van der Waals surface area contributed by atoms with Crippen LogP contribution < -0.4 is 10.6 Å². The largest absolute Gasteiger partial charge is 0.458 e. The van der Waals surface area contributed by atoms with Gasteiger partial charge in [0.1, 0.15) is 6.61 Å². The molecule has 0 fully saturated rings. The Balaban J connectivity index is 2.37. The quantitative estimate of drug-likeness (QED) is 0.639. The van der Waals surface area contributed by atoms with E-state index in [1.165, 1.54) is 0 Å². The van der Waals surface area contributed by atoms with Gasteiger partial charge in [0, 0.05) is 5.70 Å². The summed E-state index contributed by atoms with van der Waals surface area (Å²) in [6.45, 7) is 3.64. The first-order valence-corrected chi connectivity index (χ1v) is 7.71. The summed E-state index contributed by atoms with van der Waals surface area (Å²) >= 11 is 12.0. The van der Waals surface area contributed by atoms with E-state index in [2.05, 4.69) is 10.6 Å². The number of carbonyl (C=O) groups excluding carboxylic acids is 2. The van der Waals surface area contributed by atoms with Gasteiger partial charge in [-0.05, 0) is 31.5 Å². The average molecular weight is 355 g/mol. The molecule has 5 nitrogen and oxygen atoms in total. The van der Waals surface area contributed by atoms with Crippen molar-refractivity contribution in [3.05, 3.63) is 57.2 Å². The molecule has 1 atom stereocenters. The van der Waals surface area contributed by atoms with Gasteiger partial charge in [0.25, 0.3) is 0 Å². The second-order valence-electron chi connectivity index (χ2n) is 4.91. The predicted octanol–water partition coefficient (Wildman–Crippen LogP) is 3.74. The number of ether oxygens (including phenoxy) is 1. The van der Waals surface area contributed by atoms with Gasteiger partial charge in [-0.3, -0.25) is 0 Å². The zero-order valence-electron chi connectivity index (χ0n) is 12.7. The number of benzene rings is 1. The summed E-state index contributed by atoms with van der Waals surface area (Å²) in [5.74, 6) is -0.510. The first-order valence-electron chi connectivity index (χ1n) is 6.95. The number of rotatable bonds is 4. The summed E-state index contributed by atoms with van der Waals surface area (Å²) in [5.41, 5.74) is 1.41. The molecule has 1 heterocycles. The van der Waals surface area contributed by atoms with Crippen LogP contribution in [0.15, 0.2) is 41.6 Å². The third-order valence-electron chi connectivity index (χ3n) is 3.31. The molecule has 7 heteroatoms. The molecule has 2 rings (SSSR count). The third-order valence-corrected chi connectivity index (χ3v) is 4.05. The van der Waals surface area contributed by atoms with Gasteiger partial charge in [0.15, 0.2) is 0 Å². The van der Waals surface area contributed by atoms with Crippen molar-refractivity contribution in [1.82, 2.24) is 10.6 Å². The molecule has 1 aromatic carbocycles. The van der Waals surface area contributed by atoms with Crippen LogP contribution in [0.1, 0.15) is 25.5 Å². The number of nitrogens with one attached hydrogen (secondary N) is 2. The highest BCUT2D eigenvalue weighted by Crippen LogP contribution is 2.31. The Morgan fingerprint density at radius 1 is 1.35 bits per heavy atom. The van der Waals surface area contributed by atoms with Crippen LogP contribution in [0.4, 0.5) is 4.79 Å². The summed E-state index contributed by atoms with van der Waals surface area (Å²) in [6, 6.07) is 3.88. The highest BCUT2D eigenvalue weighted by Gasteiger charge is 2.32. The van der Waals surface area contributed by atoms with Crippen LogP contribution in [0.3, 0.4) is 0 Å². The van der Waals surface area contributed by atoms with Crippen molar-refractivity contribution >= 4 is 35.2 Å². The van der Waals surface area contributed by atoms with E-state index >= 15 is 0 Å². The van der Waals surface area contributed by atoms with Crippen LogP contribution in [-0.4, -0.2) is 18.6 Å². The maximum Gasteiger partial charge on any atom is 0.338 e. The van der Waals surface area contributed by atoms with E-state index in [-0.39, 0.29) is 6.61 Å². The van der Waals surface area contributed by atoms with Gasteiger partial charge < -0.3 is 15.4 Å². The van der Waals surface area contributed by atoms with E-state index in [1.54, 1.807) is 37.3 Å². The van der Waals surface area contributed by atoms with E-state index < -0.39 is 18.0 Å². The van der Waals surface area contributed by atoms with E-state index in [0.717, 1.165) is 0 Å². The molecule has 2 N–H and O–H groups in total. The molecule has 0 saturated carbocycles. The number of allylic oxidation sites excluding steroid dienone is 2. The van der Waals surface area contributed by atoms with E-state index in [9.17, 15) is 9.59 Å². The van der Waals surface area contributed by atoms with E-state index in [1.807, 2.05) is 6.92 Å². The zero-order valence-corrected chi connectivity index (χ0v) is 14.2. The zero-order chi connectivity index (χ0) is 17.0. The lowest BCUT2D eigenvalue weighted by atomic mass is 9.95. The van der Waals surface area contributed by atoms with Crippen molar-refractivity contribution < 1.29 is 14.3 Å². The van der Waals surface area contributed by atoms with Gasteiger partial charge in [-0.15, -0.1) is 0 Å². The van der Waals surface area contributed by atoms with Crippen molar-refractivity contribution in [3.63, 3.8) is 0 Å². The summed E-state index contributed by atoms with van der Waals surface area (Å²) in [7, 11) is 0. The number of amides is 2. The summed E-state index contributed by atoms with van der Waals surface area (Å²) in [4.78, 5) is 24.1. The molecule has 0 spiro atoms. The van der Waals surface area contributed by atoms with E-state index in [4.69, 9.17) is 27.9 Å². The fourth-order valence-corrected chi connectivity index (χ4v) is 2.51. The van der Waals surface area contributed by atoms with Crippen LogP contribution >= 0.6 is 23.2 Å². The molecule has 0 saturated heterocycles. The van der Waals surface area contributed by atoms with Crippen molar-refractivity contribution in [2.24, 2.45) is 0 Å². The summed E-state index contributed by atoms with van der Waals surface area (Å²) in [6.07, 6.45) is 3.50. The Kier molecular flexibility index (Phi) is 5.69. The normalized spacial score (nSPS) is 17.9. The molecular formula is C16H16Cl2N2O3. The molecule has 0 unspecified atom stereocenters. The topological polar surface area (TPSA) is 67.4 Å². The van der Waals surface area contributed by atoms with E-state index in [0.29, 0.717) is 26.9 Å². The lowest BCUT2D eigenvalue weighted by Crippen LogP contribution is -2.45. The smallest absolute Gasteiger partial charge is 0.338 e. The maximum absolute atomic E-state index is 12.4. The first-order chi connectivity index (χ1) is 10.9. The van der Waals surface area contributed by atoms with Gasteiger partial charge in [0.2, 0.25) is 0 Å². The Hall–Kier alpha value is -1.98. The highest BCUT2D eigenvalue weighted by molar-refractivity contribution is 6.42. The number of esters is 1. The molecule has 0 radical (unpaired) electrons. The minimum absolute atomic E-state index is 0.161. The number of hydrogen-bond donors (Lipinski definition) is 2. The molecule has 1 aliphatic rings. The summed E-state index contributed by atoms with van der Waals surface area (Å²) < 4.78 is 5.20. The molecule has 122 valence electrons. The number of carbonyl (C=O) groups is 2.